The Morgan fingerprint density at radius 2 is 1.97 bits per heavy atom. The predicted molar refractivity (Wildman–Crippen MR) is 136 cm³/mol. The van der Waals surface area contributed by atoms with Gasteiger partial charge in [-0.2, -0.15) is 0 Å². The van der Waals surface area contributed by atoms with E-state index in [1.54, 1.807) is 11.3 Å². The molecule has 3 aromatic rings. The number of benzene rings is 2. The maximum Gasteiger partial charge on any atom is 0.337 e. The number of carboxylic acid groups (broad SMARTS) is 1. The van der Waals surface area contributed by atoms with Crippen molar-refractivity contribution in [2.24, 2.45) is 0 Å². The second kappa shape index (κ2) is 8.97. The Kier molecular flexibility index (Phi) is 6.15. The second-order valence-corrected chi connectivity index (χ2v) is 11.6. The van der Waals surface area contributed by atoms with E-state index in [-0.39, 0.29) is 0 Å². The molecule has 0 unspecified atom stereocenters. The van der Waals surface area contributed by atoms with Crippen LogP contribution in [0, 0.1) is 6.92 Å². The summed E-state index contributed by atoms with van der Waals surface area (Å²) in [6, 6.07) is 8.32. The summed E-state index contributed by atoms with van der Waals surface area (Å²) >= 11 is 1.73. The maximum absolute atomic E-state index is 12.5. The predicted octanol–water partition coefficient (Wildman–Crippen LogP) is 7.20. The molecule has 0 spiro atoms. The van der Waals surface area contributed by atoms with Crippen molar-refractivity contribution in [1.82, 2.24) is 4.98 Å². The van der Waals surface area contributed by atoms with Gasteiger partial charge >= 0.3 is 5.97 Å². The Labute approximate surface area is 205 Å². The molecule has 180 valence electrons. The first-order chi connectivity index (χ1) is 16.2. The minimum Gasteiger partial charge on any atom is -0.493 e. The van der Waals surface area contributed by atoms with Crippen molar-refractivity contribution in [2.45, 2.75) is 83.8 Å². The number of aliphatic carboxylic acids is 1. The number of fused-ring (bicyclic) bond motifs is 2. The molecule has 2 aliphatic rings. The van der Waals surface area contributed by atoms with Crippen LogP contribution in [0.3, 0.4) is 0 Å². The number of hydrogen-bond donors (Lipinski definition) is 1. The summed E-state index contributed by atoms with van der Waals surface area (Å²) < 4.78 is 13.1. The molecule has 1 saturated carbocycles. The van der Waals surface area contributed by atoms with Crippen LogP contribution in [-0.2, 0) is 16.0 Å². The van der Waals surface area contributed by atoms with E-state index in [2.05, 4.69) is 12.1 Å². The molecule has 0 bridgehead atoms. The summed E-state index contributed by atoms with van der Waals surface area (Å²) in [7, 11) is 0. The molecule has 1 aromatic heterocycles. The third-order valence-electron chi connectivity index (χ3n) is 6.80. The topological polar surface area (TPSA) is 68.7 Å². The summed E-state index contributed by atoms with van der Waals surface area (Å²) in [4.78, 5) is 17.6. The van der Waals surface area contributed by atoms with E-state index < -0.39 is 17.7 Å². The lowest BCUT2D eigenvalue weighted by atomic mass is 9.89. The van der Waals surface area contributed by atoms with Gasteiger partial charge in [0.1, 0.15) is 5.75 Å². The zero-order valence-electron chi connectivity index (χ0n) is 20.4. The second-order valence-electron chi connectivity index (χ2n) is 10.6. The van der Waals surface area contributed by atoms with Gasteiger partial charge in [-0.3, -0.25) is 0 Å². The van der Waals surface area contributed by atoms with E-state index in [1.807, 2.05) is 39.8 Å². The molecule has 1 aliphatic carbocycles. The van der Waals surface area contributed by atoms with Gasteiger partial charge in [0, 0.05) is 17.0 Å². The molecule has 1 atom stereocenters. The largest absolute Gasteiger partial charge is 0.493 e. The number of aromatic nitrogens is 1. The fourth-order valence-corrected chi connectivity index (χ4v) is 6.60. The lowest BCUT2D eigenvalue weighted by molar-refractivity contribution is -0.160. The van der Waals surface area contributed by atoms with Crippen molar-refractivity contribution in [1.29, 1.82) is 0 Å². The van der Waals surface area contributed by atoms with Gasteiger partial charge < -0.3 is 14.6 Å². The van der Waals surface area contributed by atoms with E-state index >= 15 is 0 Å². The number of thiazole rings is 1. The number of aryl methyl sites for hydroxylation is 2. The van der Waals surface area contributed by atoms with Crippen LogP contribution in [0.25, 0.3) is 21.3 Å². The highest BCUT2D eigenvalue weighted by Gasteiger charge is 2.33. The van der Waals surface area contributed by atoms with E-state index in [4.69, 9.17) is 14.5 Å². The lowest BCUT2D eigenvalue weighted by Crippen LogP contribution is -2.28. The Balaban J connectivity index is 1.76. The van der Waals surface area contributed by atoms with Crippen LogP contribution in [0.1, 0.15) is 86.6 Å². The highest BCUT2D eigenvalue weighted by molar-refractivity contribution is 7.19. The third-order valence-corrected chi connectivity index (χ3v) is 8.06. The van der Waals surface area contributed by atoms with E-state index in [0.717, 1.165) is 57.7 Å². The maximum atomic E-state index is 12.5. The molecule has 1 fully saturated rings. The smallest absolute Gasteiger partial charge is 0.337 e. The van der Waals surface area contributed by atoms with Gasteiger partial charge in [-0.15, -0.1) is 11.3 Å². The van der Waals surface area contributed by atoms with Crippen molar-refractivity contribution in [3.05, 3.63) is 46.0 Å². The molecule has 1 aliphatic heterocycles. The molecule has 6 heteroatoms. The van der Waals surface area contributed by atoms with Crippen molar-refractivity contribution in [3.63, 3.8) is 0 Å². The summed E-state index contributed by atoms with van der Waals surface area (Å²) in [6.07, 6.45) is 5.76. The highest BCUT2D eigenvalue weighted by atomic mass is 32.1. The average molecular weight is 480 g/mol. The molecule has 2 heterocycles. The van der Waals surface area contributed by atoms with Crippen LogP contribution in [0.4, 0.5) is 0 Å². The van der Waals surface area contributed by atoms with E-state index in [9.17, 15) is 9.90 Å². The van der Waals surface area contributed by atoms with Gasteiger partial charge in [0.15, 0.2) is 6.10 Å². The van der Waals surface area contributed by atoms with Gasteiger partial charge in [0.05, 0.1) is 27.4 Å². The lowest BCUT2D eigenvalue weighted by Gasteiger charge is -2.28. The summed E-state index contributed by atoms with van der Waals surface area (Å²) in [5, 5.41) is 11.4. The molecule has 5 rings (SSSR count). The van der Waals surface area contributed by atoms with E-state index in [0.29, 0.717) is 5.92 Å². The fourth-order valence-electron chi connectivity index (χ4n) is 5.30. The Hall–Kier alpha value is -2.44. The molecule has 1 N–H and O–H groups in total. The summed E-state index contributed by atoms with van der Waals surface area (Å²) in [5.41, 5.74) is 5.11. The monoisotopic (exact) mass is 479 g/mol. The molecule has 0 saturated heterocycles. The van der Waals surface area contributed by atoms with Crippen LogP contribution in [0.15, 0.2) is 24.3 Å². The molecule has 0 amide bonds. The molecule has 5 nitrogen and oxygen atoms in total. The molecule has 0 radical (unpaired) electrons. The number of carboxylic acids is 1. The number of hydrogen-bond acceptors (Lipinski definition) is 5. The molecule has 2 aromatic carbocycles. The van der Waals surface area contributed by atoms with Gasteiger partial charge in [0.25, 0.3) is 0 Å². The normalized spacial score (nSPS) is 17.5. The van der Waals surface area contributed by atoms with Crippen molar-refractivity contribution in [2.75, 3.05) is 6.61 Å². The minimum atomic E-state index is -1.07. The summed E-state index contributed by atoms with van der Waals surface area (Å²) in [6.45, 7) is 8.43. The van der Waals surface area contributed by atoms with Crippen LogP contribution in [-0.4, -0.2) is 28.3 Å². The minimum absolute atomic E-state index is 0.507. The third kappa shape index (κ3) is 4.46. The van der Waals surface area contributed by atoms with Crippen molar-refractivity contribution in [3.8, 4) is 16.9 Å². The standard InChI is InChI=1S/C28H33NO4S/c1-16-14-20-25(34-26(29-20)17-8-5-6-9-17)23(22(16)24(27(30)31)33-28(2,3)4)19-11-12-21-18(15-19)10-7-13-32-21/h11-12,14-15,17,24H,5-10,13H2,1-4H3,(H,30,31)/t24-/m0/s1. The Morgan fingerprint density at radius 1 is 1.21 bits per heavy atom. The fraction of sp³-hybridized carbons (Fsp3) is 0.500. The molecular formula is C28H33NO4S. The van der Waals surface area contributed by atoms with Crippen molar-refractivity contribution >= 4 is 27.5 Å². The van der Waals surface area contributed by atoms with Gasteiger partial charge in [-0.05, 0) is 88.3 Å². The average Bonchev–Trinajstić information content (AvgIpc) is 3.45. The first-order valence-corrected chi connectivity index (χ1v) is 13.1. The number of rotatable bonds is 5. The van der Waals surface area contributed by atoms with Gasteiger partial charge in [-0.1, -0.05) is 18.9 Å². The van der Waals surface area contributed by atoms with Crippen LogP contribution >= 0.6 is 11.3 Å². The first kappa shape index (κ1) is 23.3. The summed E-state index contributed by atoms with van der Waals surface area (Å²) in [5.74, 6) is 0.463. The zero-order valence-corrected chi connectivity index (χ0v) is 21.3. The zero-order chi connectivity index (χ0) is 24.0. The first-order valence-electron chi connectivity index (χ1n) is 12.3. The number of ether oxygens (including phenoxy) is 2. The SMILES string of the molecule is Cc1cc2nc(C3CCCC3)sc2c(-c2ccc3c(c2)CCCO3)c1[C@H](OC(C)(C)C)C(=O)O. The van der Waals surface area contributed by atoms with Gasteiger partial charge in [0.2, 0.25) is 0 Å². The van der Waals surface area contributed by atoms with Gasteiger partial charge in [-0.25, -0.2) is 9.78 Å². The molecular weight excluding hydrogens is 446 g/mol. The quantitative estimate of drug-likeness (QED) is 0.419. The highest BCUT2D eigenvalue weighted by Crippen LogP contribution is 2.46. The van der Waals surface area contributed by atoms with E-state index in [1.165, 1.54) is 36.3 Å². The van der Waals surface area contributed by atoms with Crippen LogP contribution < -0.4 is 4.74 Å². The van der Waals surface area contributed by atoms with Crippen molar-refractivity contribution < 1.29 is 19.4 Å². The van der Waals surface area contributed by atoms with Crippen LogP contribution in [0.2, 0.25) is 0 Å². The Bertz CT molecular complexity index is 1230. The Morgan fingerprint density at radius 3 is 2.68 bits per heavy atom. The number of carbonyl (C=O) groups is 1. The number of nitrogens with zero attached hydrogens (tertiary/aromatic N) is 1. The molecule has 34 heavy (non-hydrogen) atoms. The van der Waals surface area contributed by atoms with Crippen LogP contribution in [0.5, 0.6) is 5.75 Å².